The first-order valence-electron chi connectivity index (χ1n) is 6.40. The average Bonchev–Trinajstić information content (AvgIpc) is 3.14. The Morgan fingerprint density at radius 2 is 2.05 bits per heavy atom. The average molecular weight is 296 g/mol. The number of fused-ring (bicyclic) bond motifs is 1. The zero-order valence-corrected chi connectivity index (χ0v) is 11.6. The molecule has 0 spiro atoms. The Labute approximate surface area is 125 Å². The van der Waals surface area contributed by atoms with Crippen LogP contribution in [0, 0.1) is 0 Å². The summed E-state index contributed by atoms with van der Waals surface area (Å²) in [5.74, 6) is 0. The minimum Gasteiger partial charge on any atom is -0.339 e. The van der Waals surface area contributed by atoms with Crippen LogP contribution in [0.25, 0.3) is 33.4 Å². The van der Waals surface area contributed by atoms with E-state index in [0.717, 1.165) is 33.4 Å². The molecule has 2 N–H and O–H groups in total. The molecule has 5 nitrogen and oxygen atoms in total. The van der Waals surface area contributed by atoms with Crippen molar-refractivity contribution in [1.29, 1.82) is 0 Å². The van der Waals surface area contributed by atoms with Gasteiger partial charge in [-0.25, -0.2) is 4.98 Å². The lowest BCUT2D eigenvalue weighted by Gasteiger charge is -2.02. The van der Waals surface area contributed by atoms with Gasteiger partial charge in [0.2, 0.25) is 0 Å². The molecule has 4 aromatic rings. The maximum absolute atomic E-state index is 6.10. The van der Waals surface area contributed by atoms with Crippen LogP contribution >= 0.6 is 11.6 Å². The van der Waals surface area contributed by atoms with E-state index in [0.29, 0.717) is 5.02 Å². The van der Waals surface area contributed by atoms with Crippen molar-refractivity contribution in [2.75, 3.05) is 0 Å². The molecular weight excluding hydrogens is 286 g/mol. The van der Waals surface area contributed by atoms with E-state index in [2.05, 4.69) is 25.1 Å². The van der Waals surface area contributed by atoms with Crippen molar-refractivity contribution in [1.82, 2.24) is 25.1 Å². The summed E-state index contributed by atoms with van der Waals surface area (Å²) >= 11 is 6.10. The molecule has 4 aromatic heterocycles. The number of pyridine rings is 2. The Balaban J connectivity index is 2.09. The van der Waals surface area contributed by atoms with E-state index in [4.69, 9.17) is 11.6 Å². The Bertz CT molecular complexity index is 897. The van der Waals surface area contributed by atoms with Crippen LogP contribution in [-0.2, 0) is 0 Å². The second kappa shape index (κ2) is 4.71. The first-order chi connectivity index (χ1) is 10.3. The third-order valence-corrected chi connectivity index (χ3v) is 3.56. The minimum atomic E-state index is 0.602. The second-order valence-electron chi connectivity index (χ2n) is 4.65. The predicted octanol–water partition coefficient (Wildman–Crippen LogP) is 3.67. The summed E-state index contributed by atoms with van der Waals surface area (Å²) in [4.78, 5) is 11.9. The van der Waals surface area contributed by atoms with Gasteiger partial charge >= 0.3 is 0 Å². The lowest BCUT2D eigenvalue weighted by Crippen LogP contribution is -1.82. The van der Waals surface area contributed by atoms with Crippen molar-refractivity contribution in [2.45, 2.75) is 0 Å². The molecule has 0 aliphatic heterocycles. The van der Waals surface area contributed by atoms with Crippen molar-refractivity contribution in [2.24, 2.45) is 0 Å². The van der Waals surface area contributed by atoms with Crippen LogP contribution in [0.5, 0.6) is 0 Å². The third-order valence-electron chi connectivity index (χ3n) is 3.35. The number of aromatic amines is 2. The Kier molecular flexibility index (Phi) is 2.72. The van der Waals surface area contributed by atoms with Crippen molar-refractivity contribution in [3.8, 4) is 22.4 Å². The summed E-state index contributed by atoms with van der Waals surface area (Å²) in [5, 5.41) is 8.41. The summed E-state index contributed by atoms with van der Waals surface area (Å²) in [6, 6.07) is 5.83. The molecule has 6 heteroatoms. The maximum Gasteiger partial charge on any atom is 0.138 e. The van der Waals surface area contributed by atoms with Gasteiger partial charge in [-0.15, -0.1) is 0 Å². The molecular formula is C15H10ClN5. The molecule has 0 saturated heterocycles. The first-order valence-corrected chi connectivity index (χ1v) is 6.77. The van der Waals surface area contributed by atoms with Crippen molar-refractivity contribution < 1.29 is 0 Å². The van der Waals surface area contributed by atoms with Gasteiger partial charge in [0, 0.05) is 46.9 Å². The van der Waals surface area contributed by atoms with Crippen molar-refractivity contribution >= 4 is 22.6 Å². The molecule has 0 amide bonds. The molecule has 21 heavy (non-hydrogen) atoms. The fourth-order valence-electron chi connectivity index (χ4n) is 2.46. The lowest BCUT2D eigenvalue weighted by molar-refractivity contribution is 1.09. The maximum atomic E-state index is 6.10. The van der Waals surface area contributed by atoms with Crippen LogP contribution in [0.3, 0.4) is 0 Å². The number of aromatic nitrogens is 5. The molecule has 0 aliphatic carbocycles. The Hall–Kier alpha value is -2.66. The van der Waals surface area contributed by atoms with Crippen LogP contribution in [0.2, 0.25) is 5.02 Å². The predicted molar refractivity (Wildman–Crippen MR) is 81.9 cm³/mol. The fourth-order valence-corrected chi connectivity index (χ4v) is 2.62. The van der Waals surface area contributed by atoms with Gasteiger partial charge < -0.3 is 4.98 Å². The largest absolute Gasteiger partial charge is 0.339 e. The number of hydrogen-bond acceptors (Lipinski definition) is 3. The zero-order chi connectivity index (χ0) is 14.2. The summed E-state index contributed by atoms with van der Waals surface area (Å²) in [6.45, 7) is 0. The molecule has 0 radical (unpaired) electrons. The highest BCUT2D eigenvalue weighted by Crippen LogP contribution is 2.37. The molecule has 0 aromatic carbocycles. The minimum absolute atomic E-state index is 0.602. The number of hydrogen-bond donors (Lipinski definition) is 2. The zero-order valence-electron chi connectivity index (χ0n) is 10.8. The third kappa shape index (κ3) is 1.98. The normalized spacial score (nSPS) is 11.1. The molecule has 0 atom stereocenters. The Morgan fingerprint density at radius 1 is 1.10 bits per heavy atom. The number of halogens is 1. The van der Waals surface area contributed by atoms with Crippen molar-refractivity contribution in [3.05, 3.63) is 54.2 Å². The van der Waals surface area contributed by atoms with Gasteiger partial charge in [0.25, 0.3) is 0 Å². The SMILES string of the molecule is Clc1cnc2[nH]c(-c3cn[nH]c3)c(-c3cccnc3)c2c1. The van der Waals surface area contributed by atoms with Gasteiger partial charge in [-0.1, -0.05) is 17.7 Å². The lowest BCUT2D eigenvalue weighted by atomic mass is 10.0. The van der Waals surface area contributed by atoms with E-state index in [1.165, 1.54) is 0 Å². The smallest absolute Gasteiger partial charge is 0.138 e. The highest BCUT2D eigenvalue weighted by Gasteiger charge is 2.16. The molecule has 0 unspecified atom stereocenters. The van der Waals surface area contributed by atoms with E-state index >= 15 is 0 Å². The number of rotatable bonds is 2. The number of nitrogens with one attached hydrogen (secondary N) is 2. The fraction of sp³-hybridized carbons (Fsp3) is 0. The molecule has 0 fully saturated rings. The van der Waals surface area contributed by atoms with Gasteiger partial charge in [-0.05, 0) is 12.1 Å². The van der Waals surface area contributed by atoms with Crippen molar-refractivity contribution in [3.63, 3.8) is 0 Å². The molecule has 0 saturated carbocycles. The van der Waals surface area contributed by atoms with E-state index in [9.17, 15) is 0 Å². The summed E-state index contributed by atoms with van der Waals surface area (Å²) in [7, 11) is 0. The topological polar surface area (TPSA) is 70.2 Å². The van der Waals surface area contributed by atoms with Crippen LogP contribution < -0.4 is 0 Å². The first kappa shape index (κ1) is 12.1. The standard InChI is InChI=1S/C15H10ClN5/c16-11-4-12-13(9-2-1-3-17-5-9)14(10-6-19-20-7-10)21-15(12)18-8-11/h1-8H,(H,18,21)(H,19,20). The summed E-state index contributed by atoms with van der Waals surface area (Å²) in [6.07, 6.45) is 8.82. The van der Waals surface area contributed by atoms with Gasteiger partial charge in [0.1, 0.15) is 5.65 Å². The quantitative estimate of drug-likeness (QED) is 0.593. The molecule has 0 aliphatic rings. The molecule has 0 bridgehead atoms. The monoisotopic (exact) mass is 295 g/mol. The van der Waals surface area contributed by atoms with Gasteiger partial charge in [0.05, 0.1) is 16.9 Å². The van der Waals surface area contributed by atoms with Gasteiger partial charge in [0.15, 0.2) is 0 Å². The number of H-pyrrole nitrogens is 2. The molecule has 102 valence electrons. The van der Waals surface area contributed by atoms with Gasteiger partial charge in [-0.3, -0.25) is 10.1 Å². The van der Waals surface area contributed by atoms with E-state index in [1.54, 1.807) is 18.6 Å². The number of nitrogens with zero attached hydrogens (tertiary/aromatic N) is 3. The molecule has 4 rings (SSSR count). The van der Waals surface area contributed by atoms with Crippen LogP contribution in [0.4, 0.5) is 0 Å². The Morgan fingerprint density at radius 3 is 2.81 bits per heavy atom. The van der Waals surface area contributed by atoms with Crippen LogP contribution in [0.15, 0.2) is 49.2 Å². The van der Waals surface area contributed by atoms with Crippen LogP contribution in [0.1, 0.15) is 0 Å². The van der Waals surface area contributed by atoms with Gasteiger partial charge in [-0.2, -0.15) is 5.10 Å². The van der Waals surface area contributed by atoms with Crippen LogP contribution in [-0.4, -0.2) is 25.1 Å². The molecule has 4 heterocycles. The van der Waals surface area contributed by atoms with E-state index in [1.807, 2.05) is 30.6 Å². The highest BCUT2D eigenvalue weighted by atomic mass is 35.5. The highest BCUT2D eigenvalue weighted by molar-refractivity contribution is 6.31. The van der Waals surface area contributed by atoms with E-state index in [-0.39, 0.29) is 0 Å². The second-order valence-corrected chi connectivity index (χ2v) is 5.09. The summed E-state index contributed by atoms with van der Waals surface area (Å²) < 4.78 is 0. The van der Waals surface area contributed by atoms with E-state index < -0.39 is 0 Å². The summed E-state index contributed by atoms with van der Waals surface area (Å²) in [5.41, 5.74) is 4.72.